The molecule has 2 nitrogen and oxygen atoms in total. The molecule has 106 valence electrons. The van der Waals surface area contributed by atoms with Crippen molar-refractivity contribution in [2.75, 3.05) is 7.11 Å². The predicted molar refractivity (Wildman–Crippen MR) is 87.5 cm³/mol. The fraction of sp³-hybridized carbons (Fsp3) is 0.250. The van der Waals surface area contributed by atoms with Gasteiger partial charge in [0.2, 0.25) is 0 Å². The maximum absolute atomic E-state index is 6.30. The molecule has 2 aromatic carbocycles. The molecule has 0 bridgehead atoms. The highest BCUT2D eigenvalue weighted by Gasteiger charge is 2.12. The van der Waals surface area contributed by atoms with E-state index in [1.165, 1.54) is 5.56 Å². The minimum absolute atomic E-state index is 0.124. The van der Waals surface area contributed by atoms with Crippen molar-refractivity contribution in [2.24, 2.45) is 5.73 Å². The highest BCUT2D eigenvalue weighted by atomic mass is 79.9. The van der Waals surface area contributed by atoms with Crippen LogP contribution in [0.15, 0.2) is 40.9 Å². The molecule has 20 heavy (non-hydrogen) atoms. The van der Waals surface area contributed by atoms with Crippen LogP contribution in [0.1, 0.15) is 22.7 Å². The lowest BCUT2D eigenvalue weighted by Gasteiger charge is -2.16. The Bertz CT molecular complexity index is 595. The monoisotopic (exact) mass is 353 g/mol. The van der Waals surface area contributed by atoms with Crippen molar-refractivity contribution in [1.29, 1.82) is 0 Å². The highest BCUT2D eigenvalue weighted by Crippen LogP contribution is 2.28. The van der Waals surface area contributed by atoms with Crippen molar-refractivity contribution < 1.29 is 4.74 Å². The lowest BCUT2D eigenvalue weighted by atomic mass is 9.98. The van der Waals surface area contributed by atoms with Crippen LogP contribution in [0.2, 0.25) is 5.02 Å². The second-order valence-corrected chi connectivity index (χ2v) is 6.18. The third-order valence-corrected chi connectivity index (χ3v) is 3.86. The first-order valence-electron chi connectivity index (χ1n) is 6.34. The number of hydrogen-bond donors (Lipinski definition) is 1. The van der Waals surface area contributed by atoms with Gasteiger partial charge in [-0.15, -0.1) is 0 Å². The molecule has 2 rings (SSSR count). The summed E-state index contributed by atoms with van der Waals surface area (Å²) < 4.78 is 6.33. The van der Waals surface area contributed by atoms with Gasteiger partial charge in [0.25, 0.3) is 0 Å². The van der Waals surface area contributed by atoms with Crippen molar-refractivity contribution in [3.05, 3.63) is 62.6 Å². The Morgan fingerprint density at radius 3 is 2.65 bits per heavy atom. The van der Waals surface area contributed by atoms with Gasteiger partial charge in [0.15, 0.2) is 0 Å². The molecule has 0 aromatic heterocycles. The number of methoxy groups -OCH3 is 1. The average Bonchev–Trinajstić information content (AvgIpc) is 2.37. The third kappa shape index (κ3) is 3.75. The molecule has 0 heterocycles. The van der Waals surface area contributed by atoms with Gasteiger partial charge in [-0.3, -0.25) is 0 Å². The lowest BCUT2D eigenvalue weighted by molar-refractivity contribution is 0.408. The fourth-order valence-electron chi connectivity index (χ4n) is 2.21. The predicted octanol–water partition coefficient (Wildman–Crippen LogP) is 4.66. The van der Waals surface area contributed by atoms with Crippen LogP contribution in [-0.2, 0) is 6.42 Å². The first-order valence-corrected chi connectivity index (χ1v) is 7.52. The van der Waals surface area contributed by atoms with Gasteiger partial charge in [-0.25, -0.2) is 0 Å². The summed E-state index contributed by atoms with van der Waals surface area (Å²) in [5, 5.41) is 0.682. The molecule has 0 aliphatic heterocycles. The largest absolute Gasteiger partial charge is 0.496 e. The topological polar surface area (TPSA) is 35.2 Å². The van der Waals surface area contributed by atoms with Crippen molar-refractivity contribution in [2.45, 2.75) is 19.4 Å². The standard InChI is InChI=1S/C16H17BrClNO/c1-10-3-4-16(20-2)12(5-10)8-15(19)11-6-13(17)9-14(18)7-11/h3-7,9,15H,8,19H2,1-2H3. The number of nitrogens with two attached hydrogens (primary N) is 1. The molecule has 2 aromatic rings. The first-order chi connectivity index (χ1) is 9.49. The van der Waals surface area contributed by atoms with E-state index in [-0.39, 0.29) is 6.04 Å². The summed E-state index contributed by atoms with van der Waals surface area (Å²) >= 11 is 9.51. The van der Waals surface area contributed by atoms with Crippen LogP contribution < -0.4 is 10.5 Å². The zero-order chi connectivity index (χ0) is 14.7. The Morgan fingerprint density at radius 1 is 1.25 bits per heavy atom. The molecule has 0 saturated heterocycles. The summed E-state index contributed by atoms with van der Waals surface area (Å²) in [6.07, 6.45) is 0.706. The summed E-state index contributed by atoms with van der Waals surface area (Å²) in [4.78, 5) is 0. The van der Waals surface area contributed by atoms with E-state index >= 15 is 0 Å². The summed E-state index contributed by atoms with van der Waals surface area (Å²) in [5.74, 6) is 0.868. The molecule has 4 heteroatoms. The molecular formula is C16H17BrClNO. The molecule has 0 amide bonds. The quantitative estimate of drug-likeness (QED) is 0.866. The van der Waals surface area contributed by atoms with Gasteiger partial charge in [-0.05, 0) is 48.7 Å². The van der Waals surface area contributed by atoms with Crippen LogP contribution in [-0.4, -0.2) is 7.11 Å². The summed E-state index contributed by atoms with van der Waals surface area (Å²) in [6, 6.07) is 11.7. The molecule has 0 aliphatic carbocycles. The van der Waals surface area contributed by atoms with Crippen LogP contribution in [0.5, 0.6) is 5.75 Å². The van der Waals surface area contributed by atoms with E-state index in [1.54, 1.807) is 7.11 Å². The Kier molecular flexibility index (Phi) is 5.08. The molecule has 0 spiro atoms. The van der Waals surface area contributed by atoms with E-state index in [0.29, 0.717) is 11.4 Å². The SMILES string of the molecule is COc1ccc(C)cc1CC(N)c1cc(Cl)cc(Br)c1. The number of rotatable bonds is 4. The van der Waals surface area contributed by atoms with Gasteiger partial charge in [-0.1, -0.05) is 45.2 Å². The van der Waals surface area contributed by atoms with Crippen molar-refractivity contribution in [3.8, 4) is 5.75 Å². The molecule has 0 aliphatic rings. The van der Waals surface area contributed by atoms with E-state index in [4.69, 9.17) is 22.1 Å². The molecule has 0 radical (unpaired) electrons. The van der Waals surface area contributed by atoms with E-state index in [0.717, 1.165) is 21.3 Å². The molecule has 1 unspecified atom stereocenters. The number of hydrogen-bond acceptors (Lipinski definition) is 2. The zero-order valence-corrected chi connectivity index (χ0v) is 13.8. The summed E-state index contributed by atoms with van der Waals surface area (Å²) in [5.41, 5.74) is 9.61. The van der Waals surface area contributed by atoms with Crippen LogP contribution in [0, 0.1) is 6.92 Å². The number of benzene rings is 2. The maximum atomic E-state index is 6.30. The molecule has 2 N–H and O–H groups in total. The second-order valence-electron chi connectivity index (χ2n) is 4.83. The van der Waals surface area contributed by atoms with Crippen LogP contribution in [0.25, 0.3) is 0 Å². The van der Waals surface area contributed by atoms with E-state index in [2.05, 4.69) is 28.9 Å². The van der Waals surface area contributed by atoms with E-state index in [1.807, 2.05) is 30.3 Å². The van der Waals surface area contributed by atoms with Gasteiger partial charge in [0.1, 0.15) is 5.75 Å². The van der Waals surface area contributed by atoms with Crippen LogP contribution in [0.4, 0.5) is 0 Å². The summed E-state index contributed by atoms with van der Waals surface area (Å²) in [6.45, 7) is 2.06. The second kappa shape index (κ2) is 6.61. The van der Waals surface area contributed by atoms with Gasteiger partial charge in [0, 0.05) is 15.5 Å². The lowest BCUT2D eigenvalue weighted by Crippen LogP contribution is -2.14. The Hall–Kier alpha value is -1.03. The molecular weight excluding hydrogens is 338 g/mol. The fourth-order valence-corrected chi connectivity index (χ4v) is 3.10. The Morgan fingerprint density at radius 2 is 2.00 bits per heavy atom. The highest BCUT2D eigenvalue weighted by molar-refractivity contribution is 9.10. The maximum Gasteiger partial charge on any atom is 0.122 e. The molecule has 1 atom stereocenters. The van der Waals surface area contributed by atoms with Gasteiger partial charge in [0.05, 0.1) is 7.11 Å². The first kappa shape index (κ1) is 15.4. The van der Waals surface area contributed by atoms with E-state index in [9.17, 15) is 0 Å². The van der Waals surface area contributed by atoms with Crippen molar-refractivity contribution >= 4 is 27.5 Å². The van der Waals surface area contributed by atoms with Gasteiger partial charge < -0.3 is 10.5 Å². The smallest absolute Gasteiger partial charge is 0.122 e. The Labute approximate surface area is 133 Å². The van der Waals surface area contributed by atoms with Gasteiger partial charge >= 0.3 is 0 Å². The number of aryl methyl sites for hydroxylation is 1. The number of ether oxygens (including phenoxy) is 1. The minimum atomic E-state index is -0.124. The number of halogens is 2. The summed E-state index contributed by atoms with van der Waals surface area (Å²) in [7, 11) is 1.68. The van der Waals surface area contributed by atoms with Crippen molar-refractivity contribution in [3.63, 3.8) is 0 Å². The molecule has 0 saturated carbocycles. The van der Waals surface area contributed by atoms with Crippen LogP contribution in [0.3, 0.4) is 0 Å². The van der Waals surface area contributed by atoms with Crippen LogP contribution >= 0.6 is 27.5 Å². The van der Waals surface area contributed by atoms with E-state index < -0.39 is 0 Å². The zero-order valence-electron chi connectivity index (χ0n) is 11.5. The van der Waals surface area contributed by atoms with Gasteiger partial charge in [-0.2, -0.15) is 0 Å². The normalized spacial score (nSPS) is 12.2. The minimum Gasteiger partial charge on any atom is -0.496 e. The average molecular weight is 355 g/mol. The Balaban J connectivity index is 2.27. The molecule has 0 fully saturated rings. The third-order valence-electron chi connectivity index (χ3n) is 3.19. The van der Waals surface area contributed by atoms with Crippen molar-refractivity contribution in [1.82, 2.24) is 0 Å².